The number of hydrogen-bond acceptors (Lipinski definition) is 3. The van der Waals surface area contributed by atoms with Gasteiger partial charge in [-0.05, 0) is 32.9 Å². The van der Waals surface area contributed by atoms with Crippen molar-refractivity contribution < 1.29 is 9.90 Å². The van der Waals surface area contributed by atoms with Crippen molar-refractivity contribution in [3.05, 3.63) is 0 Å². The van der Waals surface area contributed by atoms with Crippen LogP contribution in [0.1, 0.15) is 25.7 Å². The first-order valence-electron chi connectivity index (χ1n) is 5.33. The molecule has 0 radical (unpaired) electrons. The third kappa shape index (κ3) is 5.19. The van der Waals surface area contributed by atoms with Gasteiger partial charge in [-0.2, -0.15) is 0 Å². The number of aliphatic carboxylic acids is 1. The number of likely N-dealkylation sites (N-methyl/N-ethyl adjacent to an activating group) is 1. The molecule has 0 bridgehead atoms. The monoisotopic (exact) mass is 200 g/mol. The molecule has 0 amide bonds. The summed E-state index contributed by atoms with van der Waals surface area (Å²) >= 11 is 0. The summed E-state index contributed by atoms with van der Waals surface area (Å²) in [6, 6.07) is 0.816. The summed E-state index contributed by atoms with van der Waals surface area (Å²) in [4.78, 5) is 12.6. The van der Waals surface area contributed by atoms with Gasteiger partial charge in [-0.25, -0.2) is 0 Å². The smallest absolute Gasteiger partial charge is 0.303 e. The Balaban J connectivity index is 1.81. The lowest BCUT2D eigenvalue weighted by molar-refractivity contribution is -0.137. The predicted molar refractivity (Wildman–Crippen MR) is 55.4 cm³/mol. The Bertz CT molecular complexity index is 181. The van der Waals surface area contributed by atoms with Gasteiger partial charge < -0.3 is 15.3 Å². The van der Waals surface area contributed by atoms with Crippen molar-refractivity contribution in [1.82, 2.24) is 10.2 Å². The highest BCUT2D eigenvalue weighted by molar-refractivity contribution is 5.66. The number of carboxylic acids is 1. The fraction of sp³-hybridized carbons (Fsp3) is 0.900. The minimum atomic E-state index is -0.707. The van der Waals surface area contributed by atoms with E-state index in [9.17, 15) is 4.79 Å². The minimum Gasteiger partial charge on any atom is -0.481 e. The van der Waals surface area contributed by atoms with Gasteiger partial charge in [0.2, 0.25) is 0 Å². The maximum absolute atomic E-state index is 10.2. The van der Waals surface area contributed by atoms with E-state index in [-0.39, 0.29) is 6.42 Å². The van der Waals surface area contributed by atoms with Crippen LogP contribution in [0.3, 0.4) is 0 Å². The zero-order valence-electron chi connectivity index (χ0n) is 8.83. The van der Waals surface area contributed by atoms with E-state index in [1.807, 2.05) is 0 Å². The summed E-state index contributed by atoms with van der Waals surface area (Å²) in [5.41, 5.74) is 0. The zero-order chi connectivity index (χ0) is 10.4. The molecule has 1 aliphatic carbocycles. The molecule has 0 heterocycles. The molecule has 1 fully saturated rings. The third-order valence-corrected chi connectivity index (χ3v) is 2.56. The molecule has 14 heavy (non-hydrogen) atoms. The fourth-order valence-electron chi connectivity index (χ4n) is 1.44. The number of carbonyl (C=O) groups is 1. The molecule has 0 atom stereocenters. The lowest BCUT2D eigenvalue weighted by Crippen LogP contribution is -2.31. The topological polar surface area (TPSA) is 52.6 Å². The maximum atomic E-state index is 10.2. The molecule has 2 N–H and O–H groups in total. The lowest BCUT2D eigenvalue weighted by Gasteiger charge is -2.15. The van der Waals surface area contributed by atoms with Gasteiger partial charge in [-0.1, -0.05) is 0 Å². The highest BCUT2D eigenvalue weighted by Crippen LogP contribution is 2.24. The molecule has 4 nitrogen and oxygen atoms in total. The minimum absolute atomic E-state index is 0.269. The van der Waals surface area contributed by atoms with Gasteiger partial charge in [0.25, 0.3) is 0 Å². The Hall–Kier alpha value is -0.610. The average Bonchev–Trinajstić information content (AvgIpc) is 2.92. The van der Waals surface area contributed by atoms with Crippen molar-refractivity contribution in [3.63, 3.8) is 0 Å². The van der Waals surface area contributed by atoms with Gasteiger partial charge in [0.1, 0.15) is 0 Å². The number of carboxylic acid groups (broad SMARTS) is 1. The largest absolute Gasteiger partial charge is 0.481 e. The van der Waals surface area contributed by atoms with Crippen LogP contribution in [0.25, 0.3) is 0 Å². The van der Waals surface area contributed by atoms with Crippen LogP contribution in [0.4, 0.5) is 0 Å². The number of nitrogens with zero attached hydrogens (tertiary/aromatic N) is 1. The Kier molecular flexibility index (Phi) is 4.90. The molecule has 0 spiro atoms. The van der Waals surface area contributed by atoms with E-state index in [0.717, 1.165) is 32.1 Å². The Morgan fingerprint density at radius 1 is 1.50 bits per heavy atom. The van der Waals surface area contributed by atoms with Gasteiger partial charge in [0.05, 0.1) is 0 Å². The van der Waals surface area contributed by atoms with Crippen molar-refractivity contribution in [1.29, 1.82) is 0 Å². The van der Waals surface area contributed by atoms with Crippen LogP contribution in [0.2, 0.25) is 0 Å². The van der Waals surface area contributed by atoms with E-state index in [2.05, 4.69) is 17.3 Å². The molecule has 4 heteroatoms. The third-order valence-electron chi connectivity index (χ3n) is 2.56. The molecule has 1 rings (SSSR count). The van der Waals surface area contributed by atoms with Crippen LogP contribution in [-0.4, -0.2) is 48.7 Å². The highest BCUT2D eigenvalue weighted by atomic mass is 16.4. The fourth-order valence-corrected chi connectivity index (χ4v) is 1.44. The Labute approximate surface area is 85.3 Å². The normalized spacial score (nSPS) is 16.1. The maximum Gasteiger partial charge on any atom is 0.303 e. The summed E-state index contributed by atoms with van der Waals surface area (Å²) in [5, 5.41) is 11.7. The van der Waals surface area contributed by atoms with Crippen LogP contribution in [-0.2, 0) is 4.79 Å². The molecule has 82 valence electrons. The molecule has 0 unspecified atom stereocenters. The first-order valence-corrected chi connectivity index (χ1v) is 5.33. The molecule has 1 aliphatic rings. The molecular formula is C10H20N2O2. The van der Waals surface area contributed by atoms with Gasteiger partial charge >= 0.3 is 5.97 Å². The van der Waals surface area contributed by atoms with Gasteiger partial charge in [0.15, 0.2) is 0 Å². The molecule has 0 saturated heterocycles. The second kappa shape index (κ2) is 5.98. The zero-order valence-corrected chi connectivity index (χ0v) is 8.83. The predicted octanol–water partition coefficient (Wildman–Crippen LogP) is 0.535. The quantitative estimate of drug-likeness (QED) is 0.561. The van der Waals surface area contributed by atoms with Gasteiger partial charge in [-0.3, -0.25) is 4.79 Å². The number of rotatable bonds is 8. The van der Waals surface area contributed by atoms with Crippen molar-refractivity contribution in [2.45, 2.75) is 31.7 Å². The van der Waals surface area contributed by atoms with Gasteiger partial charge in [-0.15, -0.1) is 0 Å². The standard InChI is InChI=1S/C10H20N2O2/c1-12(9-4-5-9)8-7-11-6-2-3-10(13)14/h9,11H,2-8H2,1H3,(H,13,14). The first kappa shape index (κ1) is 11.5. The van der Waals surface area contributed by atoms with E-state index in [1.165, 1.54) is 12.8 Å². The average molecular weight is 200 g/mol. The van der Waals surface area contributed by atoms with Crippen molar-refractivity contribution in [3.8, 4) is 0 Å². The van der Waals surface area contributed by atoms with Gasteiger partial charge in [0, 0.05) is 25.6 Å². The highest BCUT2D eigenvalue weighted by Gasteiger charge is 2.25. The Morgan fingerprint density at radius 2 is 2.21 bits per heavy atom. The van der Waals surface area contributed by atoms with E-state index in [4.69, 9.17) is 5.11 Å². The van der Waals surface area contributed by atoms with Crippen LogP contribution in [0.5, 0.6) is 0 Å². The van der Waals surface area contributed by atoms with Crippen molar-refractivity contribution >= 4 is 5.97 Å². The van der Waals surface area contributed by atoms with Crippen LogP contribution in [0, 0.1) is 0 Å². The molecule has 0 aromatic carbocycles. The molecule has 0 aromatic rings. The molecular weight excluding hydrogens is 180 g/mol. The first-order chi connectivity index (χ1) is 6.70. The molecule has 0 aliphatic heterocycles. The van der Waals surface area contributed by atoms with E-state index >= 15 is 0 Å². The molecule has 0 aromatic heterocycles. The molecule has 1 saturated carbocycles. The van der Waals surface area contributed by atoms with E-state index < -0.39 is 5.97 Å². The van der Waals surface area contributed by atoms with E-state index in [1.54, 1.807) is 0 Å². The second-order valence-electron chi connectivity index (χ2n) is 3.96. The van der Waals surface area contributed by atoms with E-state index in [0.29, 0.717) is 0 Å². The summed E-state index contributed by atoms with van der Waals surface area (Å²) in [7, 11) is 2.15. The Morgan fingerprint density at radius 3 is 2.79 bits per heavy atom. The van der Waals surface area contributed by atoms with Crippen LogP contribution < -0.4 is 5.32 Å². The van der Waals surface area contributed by atoms with Crippen molar-refractivity contribution in [2.75, 3.05) is 26.7 Å². The number of hydrogen-bond donors (Lipinski definition) is 2. The number of nitrogens with one attached hydrogen (secondary N) is 1. The van der Waals surface area contributed by atoms with Crippen LogP contribution >= 0.6 is 0 Å². The second-order valence-corrected chi connectivity index (χ2v) is 3.96. The lowest BCUT2D eigenvalue weighted by atomic mass is 10.3. The van der Waals surface area contributed by atoms with Crippen molar-refractivity contribution in [2.24, 2.45) is 0 Å². The SMILES string of the molecule is CN(CCNCCCC(=O)O)C1CC1. The summed E-state index contributed by atoms with van der Waals surface area (Å²) < 4.78 is 0. The van der Waals surface area contributed by atoms with Crippen LogP contribution in [0.15, 0.2) is 0 Å². The summed E-state index contributed by atoms with van der Waals surface area (Å²) in [6.07, 6.45) is 3.68. The summed E-state index contributed by atoms with van der Waals surface area (Å²) in [5.74, 6) is -0.707. The summed E-state index contributed by atoms with van der Waals surface area (Å²) in [6.45, 7) is 2.84.